The van der Waals surface area contributed by atoms with Gasteiger partial charge in [0, 0.05) is 55.0 Å². The van der Waals surface area contributed by atoms with E-state index in [1.165, 1.54) is 0 Å². The van der Waals surface area contributed by atoms with E-state index in [1.54, 1.807) is 7.11 Å². The number of ether oxygens (including phenoxy) is 3. The van der Waals surface area contributed by atoms with Crippen LogP contribution in [0.15, 0.2) is 34.7 Å². The van der Waals surface area contributed by atoms with Crippen molar-refractivity contribution in [3.8, 4) is 11.5 Å². The number of hydrogen-bond donors (Lipinski definition) is 0. The number of allylic oxidation sites excluding steroid dienone is 4. The van der Waals surface area contributed by atoms with Gasteiger partial charge in [0.1, 0.15) is 0 Å². The summed E-state index contributed by atoms with van der Waals surface area (Å²) >= 11 is 6.71. The van der Waals surface area contributed by atoms with Gasteiger partial charge >= 0.3 is 0 Å². The van der Waals surface area contributed by atoms with Gasteiger partial charge in [-0.25, -0.2) is 0 Å². The molecule has 1 aromatic rings. The molecule has 4 rings (SSSR count). The minimum absolute atomic E-state index is 0.110. The fourth-order valence-electron chi connectivity index (χ4n) is 5.36. The Morgan fingerprint density at radius 3 is 2.15 bits per heavy atom. The van der Waals surface area contributed by atoms with Gasteiger partial charge in [0.15, 0.2) is 23.1 Å². The van der Waals surface area contributed by atoms with E-state index in [2.05, 4.69) is 4.90 Å². The van der Waals surface area contributed by atoms with E-state index in [0.29, 0.717) is 55.7 Å². The predicted molar refractivity (Wildman–Crippen MR) is 131 cm³/mol. The smallest absolute Gasteiger partial charge is 0.179 e. The molecule has 0 radical (unpaired) electrons. The minimum atomic E-state index is -0.429. The summed E-state index contributed by atoms with van der Waals surface area (Å²) in [4.78, 5) is 29.0. The third kappa shape index (κ3) is 4.63. The lowest BCUT2D eigenvalue weighted by Gasteiger charge is -2.44. The Bertz CT molecular complexity index is 984. The quantitative estimate of drug-likeness (QED) is 0.452. The van der Waals surface area contributed by atoms with E-state index in [0.717, 1.165) is 60.2 Å². The molecule has 0 unspecified atom stereocenters. The van der Waals surface area contributed by atoms with Gasteiger partial charge in [-0.05, 0) is 56.7 Å². The molecule has 0 spiro atoms. The SMILES string of the molecule is CCCOc1c(Cl)cc(C2C3=C(CCCC3=O)N(CCOC)C3=C2C(=O)CCC3)cc1OCC. The van der Waals surface area contributed by atoms with Gasteiger partial charge in [-0.2, -0.15) is 0 Å². The molecule has 0 saturated carbocycles. The maximum Gasteiger partial charge on any atom is 0.179 e. The van der Waals surface area contributed by atoms with Gasteiger partial charge < -0.3 is 19.1 Å². The highest BCUT2D eigenvalue weighted by molar-refractivity contribution is 6.32. The van der Waals surface area contributed by atoms with Crippen molar-refractivity contribution in [3.05, 3.63) is 45.3 Å². The summed E-state index contributed by atoms with van der Waals surface area (Å²) in [7, 11) is 1.68. The van der Waals surface area contributed by atoms with Crippen LogP contribution < -0.4 is 9.47 Å². The van der Waals surface area contributed by atoms with Gasteiger partial charge in [-0.1, -0.05) is 18.5 Å². The van der Waals surface area contributed by atoms with E-state index in [4.69, 9.17) is 25.8 Å². The van der Waals surface area contributed by atoms with Crippen LogP contribution in [0.2, 0.25) is 5.02 Å². The van der Waals surface area contributed by atoms with Gasteiger partial charge in [-0.3, -0.25) is 9.59 Å². The molecule has 0 aromatic heterocycles. The number of Topliss-reactive ketones (excluding diaryl/α,β-unsaturated/α-hetero) is 2. The van der Waals surface area contributed by atoms with Crippen LogP contribution >= 0.6 is 11.6 Å². The van der Waals surface area contributed by atoms with E-state index >= 15 is 0 Å². The summed E-state index contributed by atoms with van der Waals surface area (Å²) in [5.74, 6) is 0.857. The molecule has 34 heavy (non-hydrogen) atoms. The van der Waals surface area contributed by atoms with Gasteiger partial charge in [0.25, 0.3) is 0 Å². The van der Waals surface area contributed by atoms with Crippen LogP contribution in [0.1, 0.15) is 70.3 Å². The number of rotatable bonds is 9. The van der Waals surface area contributed by atoms with Gasteiger partial charge in [-0.15, -0.1) is 0 Å². The maximum absolute atomic E-state index is 13.4. The first-order chi connectivity index (χ1) is 16.5. The molecule has 1 aliphatic heterocycles. The van der Waals surface area contributed by atoms with Crippen LogP contribution in [0.25, 0.3) is 0 Å². The predicted octanol–water partition coefficient (Wildman–Crippen LogP) is 5.59. The van der Waals surface area contributed by atoms with E-state index in [-0.39, 0.29) is 11.6 Å². The van der Waals surface area contributed by atoms with E-state index in [9.17, 15) is 9.59 Å². The standard InChI is InChI=1S/C27H34ClNO5/c1-4-13-34-27-18(28)15-17(16-23(27)33-5-2)24-25-19(8-6-10-21(25)30)29(12-14-32-3)20-9-7-11-22(31)26(20)24/h15-16,24H,4-14H2,1-3H3. The largest absolute Gasteiger partial charge is 0.490 e. The summed E-state index contributed by atoms with van der Waals surface area (Å²) in [6.45, 7) is 6.09. The molecule has 0 amide bonds. The minimum Gasteiger partial charge on any atom is -0.490 e. The number of benzene rings is 1. The van der Waals surface area contributed by atoms with Crippen molar-refractivity contribution in [1.82, 2.24) is 4.90 Å². The van der Waals surface area contributed by atoms with Crippen molar-refractivity contribution in [2.24, 2.45) is 0 Å². The molecule has 0 atom stereocenters. The first-order valence-electron chi connectivity index (χ1n) is 12.4. The summed E-state index contributed by atoms with van der Waals surface area (Å²) in [5, 5.41) is 0.437. The topological polar surface area (TPSA) is 65.1 Å². The highest BCUT2D eigenvalue weighted by Gasteiger charge is 2.43. The molecule has 1 heterocycles. The molecule has 2 aliphatic carbocycles. The molecule has 7 heteroatoms. The van der Waals surface area contributed by atoms with Gasteiger partial charge in [0.2, 0.25) is 0 Å². The summed E-state index contributed by atoms with van der Waals surface area (Å²) in [6, 6.07) is 3.76. The van der Waals surface area contributed by atoms with E-state index in [1.807, 2.05) is 26.0 Å². The van der Waals surface area contributed by atoms with Crippen molar-refractivity contribution in [1.29, 1.82) is 0 Å². The summed E-state index contributed by atoms with van der Waals surface area (Å²) in [5.41, 5.74) is 4.35. The Morgan fingerprint density at radius 1 is 0.941 bits per heavy atom. The first kappa shape index (κ1) is 24.8. The maximum atomic E-state index is 13.4. The molecule has 0 N–H and O–H groups in total. The number of carbonyl (C=O) groups excluding carboxylic acids is 2. The number of ketones is 2. The number of halogens is 1. The number of hydrogen-bond acceptors (Lipinski definition) is 6. The lowest BCUT2D eigenvalue weighted by molar-refractivity contribution is -0.117. The lowest BCUT2D eigenvalue weighted by Crippen LogP contribution is -2.40. The molecule has 3 aliphatic rings. The van der Waals surface area contributed by atoms with Crippen LogP contribution in [0.4, 0.5) is 0 Å². The van der Waals surface area contributed by atoms with Crippen molar-refractivity contribution in [2.75, 3.05) is 33.5 Å². The van der Waals surface area contributed by atoms with E-state index < -0.39 is 5.92 Å². The van der Waals surface area contributed by atoms with Gasteiger partial charge in [0.05, 0.1) is 24.8 Å². The molecule has 1 aromatic carbocycles. The average molecular weight is 488 g/mol. The highest BCUT2D eigenvalue weighted by atomic mass is 35.5. The molecular weight excluding hydrogens is 454 g/mol. The molecule has 6 nitrogen and oxygen atoms in total. The Labute approximate surface area is 206 Å². The molecule has 0 fully saturated rings. The Morgan fingerprint density at radius 2 is 1.59 bits per heavy atom. The molecule has 0 saturated heterocycles. The molecule has 0 bridgehead atoms. The molecule has 184 valence electrons. The first-order valence-corrected chi connectivity index (χ1v) is 12.8. The number of nitrogens with zero attached hydrogens (tertiary/aromatic N) is 1. The zero-order valence-corrected chi connectivity index (χ0v) is 21.1. The fourth-order valence-corrected chi connectivity index (χ4v) is 5.64. The van der Waals surface area contributed by atoms with Crippen molar-refractivity contribution in [3.63, 3.8) is 0 Å². The van der Waals surface area contributed by atoms with Crippen LogP contribution in [-0.2, 0) is 14.3 Å². The second-order valence-electron chi connectivity index (χ2n) is 8.96. The van der Waals surface area contributed by atoms with Crippen molar-refractivity contribution >= 4 is 23.2 Å². The zero-order valence-electron chi connectivity index (χ0n) is 20.4. The Kier molecular flexibility index (Phi) is 7.99. The second-order valence-corrected chi connectivity index (χ2v) is 9.37. The third-order valence-electron chi connectivity index (χ3n) is 6.72. The number of methoxy groups -OCH3 is 1. The normalized spacial score (nSPS) is 18.9. The zero-order chi connectivity index (χ0) is 24.2. The third-order valence-corrected chi connectivity index (χ3v) is 7.00. The van der Waals surface area contributed by atoms with Crippen LogP contribution in [0.3, 0.4) is 0 Å². The van der Waals surface area contributed by atoms with Crippen LogP contribution in [0.5, 0.6) is 11.5 Å². The molecular formula is C27H34ClNO5. The average Bonchev–Trinajstić information content (AvgIpc) is 2.82. The lowest BCUT2D eigenvalue weighted by atomic mass is 9.71. The van der Waals surface area contributed by atoms with Crippen LogP contribution in [0, 0.1) is 0 Å². The van der Waals surface area contributed by atoms with Crippen molar-refractivity contribution < 1.29 is 23.8 Å². The fraction of sp³-hybridized carbons (Fsp3) is 0.556. The number of carbonyl (C=O) groups is 2. The summed E-state index contributed by atoms with van der Waals surface area (Å²) < 4.78 is 17.2. The monoisotopic (exact) mass is 487 g/mol. The Hall–Kier alpha value is -2.31. The van der Waals surface area contributed by atoms with Crippen LogP contribution in [-0.4, -0.2) is 49.9 Å². The summed E-state index contributed by atoms with van der Waals surface area (Å²) in [6.07, 6.45) is 5.10. The second kappa shape index (κ2) is 11.0. The Balaban J connectivity index is 1.90. The highest BCUT2D eigenvalue weighted by Crippen LogP contribution is 2.51. The van der Waals surface area contributed by atoms with Crippen molar-refractivity contribution in [2.45, 2.75) is 64.7 Å².